The Balaban J connectivity index is 0.988. The first-order valence-electron chi connectivity index (χ1n) is 16.1. The Hall–Kier alpha value is -4.27. The van der Waals surface area contributed by atoms with Gasteiger partial charge in [0.2, 0.25) is 0 Å². The van der Waals surface area contributed by atoms with Crippen molar-refractivity contribution in [3.8, 4) is 0 Å². The van der Waals surface area contributed by atoms with Crippen molar-refractivity contribution >= 4 is 17.3 Å². The molecule has 2 aliphatic heterocycles. The van der Waals surface area contributed by atoms with Gasteiger partial charge in [-0.25, -0.2) is 0 Å². The number of hydrogen-bond acceptors (Lipinski definition) is 7. The maximum absolute atomic E-state index is 13.2. The lowest BCUT2D eigenvalue weighted by Gasteiger charge is -2.26. The van der Waals surface area contributed by atoms with Crippen molar-refractivity contribution in [2.24, 2.45) is 0 Å². The van der Waals surface area contributed by atoms with E-state index >= 15 is 0 Å². The molecule has 0 radical (unpaired) electrons. The molecule has 0 N–H and O–H groups in total. The van der Waals surface area contributed by atoms with Gasteiger partial charge in [-0.05, 0) is 22.3 Å². The van der Waals surface area contributed by atoms with Crippen LogP contribution in [0.15, 0.2) is 97.1 Å². The first kappa shape index (κ1) is 31.7. The van der Waals surface area contributed by atoms with Gasteiger partial charge in [0.05, 0.1) is 26.4 Å². The van der Waals surface area contributed by atoms with Gasteiger partial charge in [0.25, 0.3) is 0 Å². The lowest BCUT2D eigenvalue weighted by atomic mass is 9.97. The number of ketones is 3. The largest absolute Gasteiger partial charge is 0.379 e. The molecule has 0 saturated carbocycles. The number of carbonyl (C=O) groups excluding carboxylic acids is 3. The lowest BCUT2D eigenvalue weighted by molar-refractivity contribution is 0.0341. The van der Waals surface area contributed by atoms with E-state index in [1.165, 1.54) is 11.1 Å². The highest BCUT2D eigenvalue weighted by Crippen LogP contribution is 2.17. The molecule has 2 saturated heterocycles. The SMILES string of the molecule is O=C(Cc1ccc(C(=O)c2ccc(CC(=O)c3ccc(CN4CCOCC4)cc3)cc2)cc1)c1ccc(CN2CCOCC2)cc1. The Morgan fingerprint density at radius 3 is 1.09 bits per heavy atom. The topological polar surface area (TPSA) is 76.2 Å². The summed E-state index contributed by atoms with van der Waals surface area (Å²) in [5, 5.41) is 0. The highest BCUT2D eigenvalue weighted by atomic mass is 16.5. The standard InChI is InChI=1S/C39H40N2O5/c42-37(33-9-5-31(6-10-33)27-40-17-21-45-22-18-40)25-29-1-13-35(14-2-29)39(44)36-15-3-30(4-16-36)26-38(43)34-11-7-32(8-12-34)28-41-19-23-46-24-20-41/h1-16H,17-28H2. The molecule has 0 bridgehead atoms. The van der Waals surface area contributed by atoms with E-state index in [0.29, 0.717) is 22.3 Å². The first-order valence-corrected chi connectivity index (χ1v) is 16.1. The van der Waals surface area contributed by atoms with Gasteiger partial charge in [0.15, 0.2) is 17.3 Å². The molecule has 0 unspecified atom stereocenters. The summed E-state index contributed by atoms with van der Waals surface area (Å²) in [6, 6.07) is 30.2. The quantitative estimate of drug-likeness (QED) is 0.197. The van der Waals surface area contributed by atoms with E-state index in [-0.39, 0.29) is 30.2 Å². The molecule has 6 rings (SSSR count). The molecular weight excluding hydrogens is 576 g/mol. The molecule has 0 amide bonds. The molecule has 0 aliphatic carbocycles. The van der Waals surface area contributed by atoms with Gasteiger partial charge in [-0.15, -0.1) is 0 Å². The third-order valence-corrected chi connectivity index (χ3v) is 8.73. The number of benzene rings is 4. The Labute approximate surface area is 270 Å². The van der Waals surface area contributed by atoms with Gasteiger partial charge in [-0.3, -0.25) is 24.2 Å². The van der Waals surface area contributed by atoms with E-state index in [1.807, 2.05) is 72.8 Å². The summed E-state index contributed by atoms with van der Waals surface area (Å²) in [6.45, 7) is 8.50. The molecule has 0 aromatic heterocycles. The van der Waals surface area contributed by atoms with Crippen molar-refractivity contribution in [1.82, 2.24) is 9.80 Å². The van der Waals surface area contributed by atoms with E-state index in [0.717, 1.165) is 76.8 Å². The highest BCUT2D eigenvalue weighted by molar-refractivity contribution is 6.09. The Morgan fingerprint density at radius 2 is 0.739 bits per heavy atom. The van der Waals surface area contributed by atoms with E-state index in [9.17, 15) is 14.4 Å². The minimum Gasteiger partial charge on any atom is -0.379 e. The number of ether oxygens (including phenoxy) is 2. The van der Waals surface area contributed by atoms with Crippen LogP contribution in [0.2, 0.25) is 0 Å². The zero-order valence-corrected chi connectivity index (χ0v) is 26.2. The fourth-order valence-corrected chi connectivity index (χ4v) is 5.92. The van der Waals surface area contributed by atoms with Gasteiger partial charge in [-0.1, -0.05) is 97.1 Å². The fourth-order valence-electron chi connectivity index (χ4n) is 5.92. The number of carbonyl (C=O) groups is 3. The number of rotatable bonds is 12. The summed E-state index contributed by atoms with van der Waals surface area (Å²) in [7, 11) is 0. The third-order valence-electron chi connectivity index (χ3n) is 8.73. The monoisotopic (exact) mass is 616 g/mol. The Morgan fingerprint density at radius 1 is 0.435 bits per heavy atom. The van der Waals surface area contributed by atoms with Crippen molar-refractivity contribution in [3.63, 3.8) is 0 Å². The summed E-state index contributed by atoms with van der Waals surface area (Å²) < 4.78 is 10.8. The van der Waals surface area contributed by atoms with Gasteiger partial charge < -0.3 is 9.47 Å². The second-order valence-electron chi connectivity index (χ2n) is 12.1. The van der Waals surface area contributed by atoms with Crippen molar-refractivity contribution in [3.05, 3.63) is 142 Å². The maximum Gasteiger partial charge on any atom is 0.193 e. The highest BCUT2D eigenvalue weighted by Gasteiger charge is 2.15. The van der Waals surface area contributed by atoms with Gasteiger partial charge >= 0.3 is 0 Å². The summed E-state index contributed by atoms with van der Waals surface area (Å²) >= 11 is 0. The summed E-state index contributed by atoms with van der Waals surface area (Å²) in [4.78, 5) is 43.7. The fraction of sp³-hybridized carbons (Fsp3) is 0.308. The summed E-state index contributed by atoms with van der Waals surface area (Å²) in [5.41, 5.74) is 6.59. The second kappa shape index (κ2) is 15.3. The van der Waals surface area contributed by atoms with Crippen LogP contribution in [0.4, 0.5) is 0 Å². The average Bonchev–Trinajstić information content (AvgIpc) is 3.10. The first-order chi connectivity index (χ1) is 22.5. The van der Waals surface area contributed by atoms with Gasteiger partial charge in [-0.2, -0.15) is 0 Å². The molecule has 0 spiro atoms. The lowest BCUT2D eigenvalue weighted by Crippen LogP contribution is -2.35. The predicted molar refractivity (Wildman–Crippen MR) is 177 cm³/mol. The third kappa shape index (κ3) is 8.50. The zero-order chi connectivity index (χ0) is 31.7. The van der Waals surface area contributed by atoms with Crippen LogP contribution in [-0.2, 0) is 35.4 Å². The number of morpholine rings is 2. The molecule has 0 atom stereocenters. The van der Waals surface area contributed by atoms with Crippen LogP contribution in [0.1, 0.15) is 58.9 Å². The van der Waals surface area contributed by atoms with E-state index in [2.05, 4.69) is 9.80 Å². The summed E-state index contributed by atoms with van der Waals surface area (Å²) in [6.07, 6.45) is 0.549. The maximum atomic E-state index is 13.2. The molecule has 2 aliphatic rings. The molecule has 236 valence electrons. The minimum absolute atomic E-state index is 0.0473. The molecule has 4 aromatic carbocycles. The number of hydrogen-bond donors (Lipinski definition) is 0. The van der Waals surface area contributed by atoms with E-state index < -0.39 is 0 Å². The zero-order valence-electron chi connectivity index (χ0n) is 26.2. The van der Waals surface area contributed by atoms with E-state index in [1.54, 1.807) is 24.3 Å². The van der Waals surface area contributed by atoms with Crippen molar-refractivity contribution in [2.45, 2.75) is 25.9 Å². The molecule has 2 heterocycles. The van der Waals surface area contributed by atoms with Crippen LogP contribution in [0.3, 0.4) is 0 Å². The van der Waals surface area contributed by atoms with Gasteiger partial charge in [0, 0.05) is 74.4 Å². The molecular formula is C39H40N2O5. The van der Waals surface area contributed by atoms with Crippen LogP contribution in [0.25, 0.3) is 0 Å². The summed E-state index contributed by atoms with van der Waals surface area (Å²) in [5.74, 6) is -0.000370. The van der Waals surface area contributed by atoms with Crippen molar-refractivity contribution < 1.29 is 23.9 Å². The molecule has 2 fully saturated rings. The van der Waals surface area contributed by atoms with Crippen LogP contribution in [0.5, 0.6) is 0 Å². The van der Waals surface area contributed by atoms with Crippen LogP contribution in [0, 0.1) is 0 Å². The number of Topliss-reactive ketones (excluding diaryl/α,β-unsaturated/α-hetero) is 2. The normalized spacial score (nSPS) is 15.8. The smallest absolute Gasteiger partial charge is 0.193 e. The molecule has 7 heteroatoms. The molecule has 46 heavy (non-hydrogen) atoms. The van der Waals surface area contributed by atoms with Crippen LogP contribution in [-0.4, -0.2) is 79.8 Å². The van der Waals surface area contributed by atoms with E-state index in [4.69, 9.17) is 9.47 Å². The van der Waals surface area contributed by atoms with Gasteiger partial charge in [0.1, 0.15) is 0 Å². The minimum atomic E-state index is -0.0949. The Bertz CT molecular complexity index is 1500. The Kier molecular flexibility index (Phi) is 10.6. The molecule has 4 aromatic rings. The average molecular weight is 617 g/mol. The van der Waals surface area contributed by atoms with Crippen molar-refractivity contribution in [2.75, 3.05) is 52.6 Å². The van der Waals surface area contributed by atoms with Crippen molar-refractivity contribution in [1.29, 1.82) is 0 Å². The van der Waals surface area contributed by atoms with Crippen LogP contribution >= 0.6 is 0 Å². The molecule has 7 nitrogen and oxygen atoms in total. The van der Waals surface area contributed by atoms with Crippen LogP contribution < -0.4 is 0 Å². The predicted octanol–water partition coefficient (Wildman–Crippen LogP) is 5.43. The second-order valence-corrected chi connectivity index (χ2v) is 12.1. The number of nitrogens with zero attached hydrogens (tertiary/aromatic N) is 2.